The van der Waals surface area contributed by atoms with Gasteiger partial charge in [0.2, 0.25) is 21.8 Å². The fourth-order valence-corrected chi connectivity index (χ4v) is 3.45. The maximum Gasteiger partial charge on any atom is 0.242 e. The third kappa shape index (κ3) is 5.00. The minimum atomic E-state index is -3.48. The van der Waals surface area contributed by atoms with Crippen LogP contribution in [-0.2, 0) is 19.6 Å². The van der Waals surface area contributed by atoms with Crippen molar-refractivity contribution in [2.24, 2.45) is 0 Å². The molecule has 0 saturated carbocycles. The van der Waals surface area contributed by atoms with Crippen molar-refractivity contribution in [1.29, 1.82) is 0 Å². The van der Waals surface area contributed by atoms with Gasteiger partial charge in [-0.2, -0.15) is 0 Å². The normalized spacial score (nSPS) is 16.1. The number of nitrogens with one attached hydrogen (secondary N) is 1. The van der Waals surface area contributed by atoms with Crippen LogP contribution in [0.15, 0.2) is 29.2 Å². The first-order chi connectivity index (χ1) is 11.7. The highest BCUT2D eigenvalue weighted by Crippen LogP contribution is 2.16. The van der Waals surface area contributed by atoms with E-state index < -0.39 is 10.0 Å². The number of carbonyl (C=O) groups is 2. The third-order valence-electron chi connectivity index (χ3n) is 4.10. The number of nitrogens with zero attached hydrogens (tertiary/aromatic N) is 3. The van der Waals surface area contributed by atoms with Gasteiger partial charge in [-0.15, -0.1) is 0 Å². The predicted octanol–water partition coefficient (Wildman–Crippen LogP) is 0.0395. The first-order valence-electron chi connectivity index (χ1n) is 8.00. The van der Waals surface area contributed by atoms with Crippen molar-refractivity contribution in [3.05, 3.63) is 24.3 Å². The number of piperazine rings is 1. The number of anilines is 1. The molecule has 0 unspecified atom stereocenters. The van der Waals surface area contributed by atoms with Crippen molar-refractivity contribution < 1.29 is 18.0 Å². The average molecular weight is 368 g/mol. The lowest BCUT2D eigenvalue weighted by atomic mass is 10.3. The van der Waals surface area contributed by atoms with Gasteiger partial charge in [-0.05, 0) is 24.3 Å². The third-order valence-corrected chi connectivity index (χ3v) is 5.93. The minimum Gasteiger partial charge on any atom is -0.340 e. The van der Waals surface area contributed by atoms with Gasteiger partial charge in [0.05, 0.1) is 11.4 Å². The molecule has 8 nitrogen and oxygen atoms in total. The summed E-state index contributed by atoms with van der Waals surface area (Å²) >= 11 is 0. The number of hydrogen-bond acceptors (Lipinski definition) is 5. The SMILES string of the molecule is CC(=O)N1CCN(CC(=O)Nc2ccc(S(=O)(=O)N(C)C)cc2)CC1. The fraction of sp³-hybridized carbons (Fsp3) is 0.500. The molecular weight excluding hydrogens is 344 g/mol. The summed E-state index contributed by atoms with van der Waals surface area (Å²) in [7, 11) is -0.539. The standard InChI is InChI=1S/C16H24N4O4S/c1-13(21)20-10-8-19(9-11-20)12-16(22)17-14-4-6-15(7-5-14)25(23,24)18(2)3/h4-7H,8-12H2,1-3H3,(H,17,22). The number of benzene rings is 1. The van der Waals surface area contributed by atoms with Gasteiger partial charge in [-0.1, -0.05) is 0 Å². The van der Waals surface area contributed by atoms with Crippen LogP contribution in [0.4, 0.5) is 5.69 Å². The second kappa shape index (κ2) is 7.94. The highest BCUT2D eigenvalue weighted by molar-refractivity contribution is 7.89. The van der Waals surface area contributed by atoms with Crippen LogP contribution in [0.5, 0.6) is 0 Å². The molecule has 1 aliphatic rings. The molecule has 0 bridgehead atoms. The first kappa shape index (κ1) is 19.4. The van der Waals surface area contributed by atoms with E-state index in [4.69, 9.17) is 0 Å². The van der Waals surface area contributed by atoms with Crippen LogP contribution in [0, 0.1) is 0 Å². The molecular formula is C16H24N4O4S. The summed E-state index contributed by atoms with van der Waals surface area (Å²) < 4.78 is 25.2. The highest BCUT2D eigenvalue weighted by atomic mass is 32.2. The van der Waals surface area contributed by atoms with Crippen LogP contribution in [0.25, 0.3) is 0 Å². The van der Waals surface area contributed by atoms with E-state index in [9.17, 15) is 18.0 Å². The van der Waals surface area contributed by atoms with Gasteiger partial charge < -0.3 is 10.2 Å². The van der Waals surface area contributed by atoms with Gasteiger partial charge >= 0.3 is 0 Å². The molecule has 0 radical (unpaired) electrons. The maximum atomic E-state index is 12.1. The van der Waals surface area contributed by atoms with E-state index in [2.05, 4.69) is 5.32 Å². The van der Waals surface area contributed by atoms with Crippen molar-refractivity contribution in [3.8, 4) is 0 Å². The second-order valence-electron chi connectivity index (χ2n) is 6.14. The van der Waals surface area contributed by atoms with Crippen LogP contribution in [0.2, 0.25) is 0 Å². The lowest BCUT2D eigenvalue weighted by Crippen LogP contribution is -2.49. The Labute approximate surface area is 148 Å². The van der Waals surface area contributed by atoms with Gasteiger partial charge in [-0.3, -0.25) is 14.5 Å². The van der Waals surface area contributed by atoms with E-state index in [1.807, 2.05) is 4.90 Å². The van der Waals surface area contributed by atoms with Gasteiger partial charge in [0, 0.05) is 52.9 Å². The maximum absolute atomic E-state index is 12.1. The fourth-order valence-electron chi connectivity index (χ4n) is 2.55. The monoisotopic (exact) mass is 368 g/mol. The molecule has 1 aromatic rings. The molecule has 2 amide bonds. The van der Waals surface area contributed by atoms with Crippen LogP contribution in [-0.4, -0.2) is 81.2 Å². The zero-order chi connectivity index (χ0) is 18.6. The van der Waals surface area contributed by atoms with Crippen molar-refractivity contribution in [2.45, 2.75) is 11.8 Å². The van der Waals surface area contributed by atoms with Gasteiger partial charge in [-0.25, -0.2) is 12.7 Å². The first-order valence-corrected chi connectivity index (χ1v) is 9.44. The molecule has 0 spiro atoms. The number of hydrogen-bond donors (Lipinski definition) is 1. The molecule has 9 heteroatoms. The molecule has 1 aliphatic heterocycles. The van der Waals surface area contributed by atoms with E-state index in [1.54, 1.807) is 24.0 Å². The topological polar surface area (TPSA) is 90.0 Å². The van der Waals surface area contributed by atoms with Crippen LogP contribution < -0.4 is 5.32 Å². The minimum absolute atomic E-state index is 0.0527. The Morgan fingerprint density at radius 2 is 1.64 bits per heavy atom. The molecule has 0 atom stereocenters. The summed E-state index contributed by atoms with van der Waals surface area (Å²) in [4.78, 5) is 27.3. The summed E-state index contributed by atoms with van der Waals surface area (Å²) in [5.41, 5.74) is 0.546. The highest BCUT2D eigenvalue weighted by Gasteiger charge is 2.20. The molecule has 0 aliphatic carbocycles. The average Bonchev–Trinajstić information content (AvgIpc) is 2.55. The van der Waals surface area contributed by atoms with Crippen molar-refractivity contribution in [3.63, 3.8) is 0 Å². The molecule has 0 aromatic heterocycles. The van der Waals surface area contributed by atoms with Crippen molar-refractivity contribution >= 4 is 27.5 Å². The molecule has 2 rings (SSSR count). The van der Waals surface area contributed by atoms with Gasteiger partial charge in [0.15, 0.2) is 0 Å². The van der Waals surface area contributed by atoms with Crippen LogP contribution >= 0.6 is 0 Å². The van der Waals surface area contributed by atoms with Crippen molar-refractivity contribution in [1.82, 2.24) is 14.1 Å². The van der Waals surface area contributed by atoms with E-state index in [-0.39, 0.29) is 23.3 Å². The predicted molar refractivity (Wildman–Crippen MR) is 94.6 cm³/mol. The largest absolute Gasteiger partial charge is 0.340 e. The van der Waals surface area contributed by atoms with Gasteiger partial charge in [0.1, 0.15) is 0 Å². The Hall–Kier alpha value is -1.97. The Morgan fingerprint density at radius 1 is 1.08 bits per heavy atom. The smallest absolute Gasteiger partial charge is 0.242 e. The number of rotatable bonds is 5. The van der Waals surface area contributed by atoms with Gasteiger partial charge in [0.25, 0.3) is 0 Å². The Bertz CT molecular complexity index is 723. The van der Waals surface area contributed by atoms with E-state index in [0.29, 0.717) is 31.9 Å². The molecule has 1 fully saturated rings. The summed E-state index contributed by atoms with van der Waals surface area (Å²) in [6, 6.07) is 6.08. The lowest BCUT2D eigenvalue weighted by molar-refractivity contribution is -0.130. The Morgan fingerprint density at radius 3 is 2.12 bits per heavy atom. The zero-order valence-corrected chi connectivity index (χ0v) is 15.5. The summed E-state index contributed by atoms with van der Waals surface area (Å²) in [6.07, 6.45) is 0. The van der Waals surface area contributed by atoms with Crippen LogP contribution in [0.3, 0.4) is 0 Å². The van der Waals surface area contributed by atoms with E-state index >= 15 is 0 Å². The lowest BCUT2D eigenvalue weighted by Gasteiger charge is -2.33. The summed E-state index contributed by atoms with van der Waals surface area (Å²) in [5.74, 6) is -0.114. The van der Waals surface area contributed by atoms with Crippen LogP contribution in [0.1, 0.15) is 6.92 Å². The summed E-state index contributed by atoms with van der Waals surface area (Å²) in [5, 5.41) is 2.76. The number of sulfonamides is 1. The quantitative estimate of drug-likeness (QED) is 0.793. The summed E-state index contributed by atoms with van der Waals surface area (Å²) in [6.45, 7) is 4.35. The molecule has 1 aromatic carbocycles. The number of amides is 2. The Kier molecular flexibility index (Phi) is 6.15. The molecule has 1 saturated heterocycles. The number of carbonyl (C=O) groups excluding carboxylic acids is 2. The Balaban J connectivity index is 1.88. The van der Waals surface area contributed by atoms with E-state index in [1.165, 1.54) is 26.2 Å². The molecule has 1 heterocycles. The van der Waals surface area contributed by atoms with E-state index in [0.717, 1.165) is 4.31 Å². The molecule has 138 valence electrons. The second-order valence-corrected chi connectivity index (χ2v) is 8.29. The van der Waals surface area contributed by atoms with Crippen molar-refractivity contribution in [2.75, 3.05) is 52.1 Å². The molecule has 1 N–H and O–H groups in total. The zero-order valence-electron chi connectivity index (χ0n) is 14.7. The molecule has 25 heavy (non-hydrogen) atoms.